The highest BCUT2D eigenvalue weighted by molar-refractivity contribution is 8.02. The molecule has 3 saturated heterocycles. The van der Waals surface area contributed by atoms with Crippen molar-refractivity contribution in [3.8, 4) is 0 Å². The van der Waals surface area contributed by atoms with E-state index in [0.29, 0.717) is 23.6 Å². The van der Waals surface area contributed by atoms with Crippen molar-refractivity contribution in [3.63, 3.8) is 0 Å². The van der Waals surface area contributed by atoms with Crippen LogP contribution >= 0.6 is 23.4 Å². The Balaban J connectivity index is 1.72. The number of fused-ring (bicyclic) bond motifs is 1. The fraction of sp³-hybridized carbons (Fsp3) is 0.519. The van der Waals surface area contributed by atoms with Gasteiger partial charge in [-0.3, -0.25) is 14.4 Å². The van der Waals surface area contributed by atoms with Gasteiger partial charge < -0.3 is 19.6 Å². The van der Waals surface area contributed by atoms with E-state index in [1.165, 1.54) is 4.90 Å². The molecule has 3 aliphatic heterocycles. The zero-order valence-corrected chi connectivity index (χ0v) is 22.0. The van der Waals surface area contributed by atoms with Crippen LogP contribution in [0.15, 0.2) is 49.6 Å². The van der Waals surface area contributed by atoms with Gasteiger partial charge >= 0.3 is 5.97 Å². The summed E-state index contributed by atoms with van der Waals surface area (Å²) in [5.74, 6) is -2.22. The molecule has 3 fully saturated rings. The second-order valence-corrected chi connectivity index (χ2v) is 11.6. The second kappa shape index (κ2) is 11.0. The lowest BCUT2D eigenvalue weighted by molar-refractivity contribution is -0.154. The highest BCUT2D eigenvalue weighted by Crippen LogP contribution is 2.68. The van der Waals surface area contributed by atoms with E-state index in [-0.39, 0.29) is 55.3 Å². The number of hydrogen-bond donors (Lipinski definition) is 1. The Labute approximate surface area is 221 Å². The Hall–Kier alpha value is -2.29. The van der Waals surface area contributed by atoms with Gasteiger partial charge in [-0.25, -0.2) is 0 Å². The molecule has 0 radical (unpaired) electrons. The van der Waals surface area contributed by atoms with Crippen molar-refractivity contribution >= 4 is 46.8 Å². The van der Waals surface area contributed by atoms with Crippen molar-refractivity contribution in [2.45, 2.75) is 42.2 Å². The molecule has 194 valence electrons. The molecule has 6 atom stereocenters. The van der Waals surface area contributed by atoms with Crippen molar-refractivity contribution in [1.29, 1.82) is 0 Å². The van der Waals surface area contributed by atoms with Crippen LogP contribution in [0.3, 0.4) is 0 Å². The van der Waals surface area contributed by atoms with Gasteiger partial charge in [-0.05, 0) is 37.3 Å². The maximum atomic E-state index is 14.3. The van der Waals surface area contributed by atoms with E-state index in [1.807, 2.05) is 0 Å². The van der Waals surface area contributed by atoms with Crippen LogP contribution in [0.5, 0.6) is 0 Å². The number of likely N-dealkylation sites (tertiary alicyclic amines) is 1. The maximum Gasteiger partial charge on any atom is 0.310 e. The maximum absolute atomic E-state index is 14.3. The van der Waals surface area contributed by atoms with Gasteiger partial charge in [0.05, 0.1) is 40.5 Å². The van der Waals surface area contributed by atoms with E-state index in [2.05, 4.69) is 20.1 Å². The summed E-state index contributed by atoms with van der Waals surface area (Å²) in [5.41, 5.74) is 0.531. The van der Waals surface area contributed by atoms with Crippen molar-refractivity contribution in [2.24, 2.45) is 17.8 Å². The summed E-state index contributed by atoms with van der Waals surface area (Å²) in [6.07, 6.45) is 5.52. The Morgan fingerprint density at radius 2 is 2.08 bits per heavy atom. The molecule has 0 aromatic heterocycles. The highest BCUT2D eigenvalue weighted by atomic mass is 35.5. The predicted molar refractivity (Wildman–Crippen MR) is 142 cm³/mol. The van der Waals surface area contributed by atoms with Gasteiger partial charge in [0.25, 0.3) is 5.91 Å². The average molecular weight is 533 g/mol. The van der Waals surface area contributed by atoms with Crippen molar-refractivity contribution < 1.29 is 24.2 Å². The van der Waals surface area contributed by atoms with Crippen LogP contribution in [-0.2, 0) is 19.1 Å². The van der Waals surface area contributed by atoms with Gasteiger partial charge in [-0.1, -0.05) is 42.8 Å². The summed E-state index contributed by atoms with van der Waals surface area (Å²) < 4.78 is 4.79. The molecule has 1 aromatic rings. The number of nitrogens with zero attached hydrogens (tertiary/aromatic N) is 2. The zero-order chi connectivity index (χ0) is 26.0. The minimum Gasteiger partial charge on any atom is -0.465 e. The monoisotopic (exact) mass is 532 g/mol. The van der Waals surface area contributed by atoms with Gasteiger partial charge in [0, 0.05) is 18.3 Å². The normalized spacial score (nSPS) is 30.2. The first-order valence-corrected chi connectivity index (χ1v) is 13.6. The molecule has 1 aromatic carbocycles. The van der Waals surface area contributed by atoms with Crippen molar-refractivity contribution in [3.05, 3.63) is 54.6 Å². The zero-order valence-electron chi connectivity index (χ0n) is 20.5. The third-order valence-electron chi connectivity index (χ3n) is 7.61. The summed E-state index contributed by atoms with van der Waals surface area (Å²) in [5, 5.41) is 10.1. The molecule has 2 bridgehead atoms. The lowest BCUT2D eigenvalue weighted by atomic mass is 9.66. The molecule has 0 saturated carbocycles. The molecule has 1 N–H and O–H groups in total. The molecule has 36 heavy (non-hydrogen) atoms. The van der Waals surface area contributed by atoms with Gasteiger partial charge in [0.2, 0.25) is 5.91 Å². The number of carbonyl (C=O) groups excluding carboxylic acids is 3. The highest BCUT2D eigenvalue weighted by Gasteiger charge is 2.76. The van der Waals surface area contributed by atoms with Crippen molar-refractivity contribution in [2.75, 3.05) is 31.2 Å². The third-order valence-corrected chi connectivity index (χ3v) is 10.0. The topological polar surface area (TPSA) is 87.1 Å². The standard InChI is InChI=1S/C27H33ClN2O5S/c1-4-6-9-15-35-26(34)21-20-16-17(3)27(36-20)22(21)24(32)30(13-14-31)23(27)25(33)29(12-5-2)19-11-8-7-10-18(19)28/h4-5,7-8,10-11,17,20-23,31H,1-2,6,9,12-16H2,3H3/t17?,20-,21+,22+,23?,27?/m1/s1. The van der Waals surface area contributed by atoms with Gasteiger partial charge in [0.1, 0.15) is 6.04 Å². The number of amides is 2. The molecule has 3 aliphatic rings. The summed E-state index contributed by atoms with van der Waals surface area (Å²) in [7, 11) is 0. The Kier molecular flexibility index (Phi) is 8.17. The molecule has 3 unspecified atom stereocenters. The lowest BCUT2D eigenvalue weighted by Crippen LogP contribution is -2.57. The smallest absolute Gasteiger partial charge is 0.310 e. The largest absolute Gasteiger partial charge is 0.465 e. The molecule has 0 aliphatic carbocycles. The van der Waals surface area contributed by atoms with Gasteiger partial charge in [-0.15, -0.1) is 24.9 Å². The number of esters is 1. The number of rotatable bonds is 11. The van der Waals surface area contributed by atoms with E-state index < -0.39 is 22.6 Å². The van der Waals surface area contributed by atoms with E-state index in [9.17, 15) is 19.5 Å². The first kappa shape index (κ1) is 26.8. The Morgan fingerprint density at radius 3 is 2.75 bits per heavy atom. The number of para-hydroxylation sites is 1. The minimum atomic E-state index is -0.845. The number of β-amino-alcohol motifs (C(OH)–C–C–N with tert-alkyl or cyclic N) is 1. The van der Waals surface area contributed by atoms with E-state index >= 15 is 0 Å². The number of carbonyl (C=O) groups is 3. The van der Waals surface area contributed by atoms with Crippen LogP contribution in [0.1, 0.15) is 26.2 Å². The first-order chi connectivity index (χ1) is 17.3. The number of halogens is 1. The van der Waals surface area contributed by atoms with E-state index in [1.54, 1.807) is 53.1 Å². The number of anilines is 1. The Morgan fingerprint density at radius 1 is 1.33 bits per heavy atom. The predicted octanol–water partition coefficient (Wildman–Crippen LogP) is 3.70. The number of hydrogen-bond acceptors (Lipinski definition) is 6. The number of allylic oxidation sites excluding steroid dienone is 1. The molecule has 1 spiro atoms. The minimum absolute atomic E-state index is 0.0109. The number of benzene rings is 1. The summed E-state index contributed by atoms with van der Waals surface area (Å²) in [6.45, 7) is 9.75. The fourth-order valence-electron chi connectivity index (χ4n) is 6.17. The van der Waals surface area contributed by atoms with E-state index in [0.717, 1.165) is 6.42 Å². The molecular formula is C27H33ClN2O5S. The number of aliphatic hydroxyl groups excluding tert-OH is 1. The van der Waals surface area contributed by atoms with Crippen molar-refractivity contribution in [1.82, 2.24) is 4.90 Å². The molecule has 4 rings (SSSR count). The second-order valence-electron chi connectivity index (χ2n) is 9.60. The SMILES string of the molecule is C=CCCCOC(=O)[C@@H]1[C@H]2C(=O)N(CCO)C(C(=O)N(CC=C)c3ccccc3Cl)C23S[C@@H]1CC3C. The fourth-order valence-corrected chi connectivity index (χ4v) is 8.81. The summed E-state index contributed by atoms with van der Waals surface area (Å²) in [6, 6.07) is 6.22. The third kappa shape index (κ3) is 4.27. The number of unbranched alkanes of at least 4 members (excludes halogenated alkanes) is 1. The number of ether oxygens (including phenoxy) is 1. The number of thioether (sulfide) groups is 1. The van der Waals surface area contributed by atoms with Crippen LogP contribution in [0, 0.1) is 17.8 Å². The van der Waals surface area contributed by atoms with Crippen LogP contribution in [0.4, 0.5) is 5.69 Å². The molecule has 2 amide bonds. The number of aliphatic hydroxyl groups is 1. The average Bonchev–Trinajstić information content (AvgIpc) is 3.45. The Bertz CT molecular complexity index is 1050. The molecule has 7 nitrogen and oxygen atoms in total. The quantitative estimate of drug-likeness (QED) is 0.266. The van der Waals surface area contributed by atoms with E-state index in [4.69, 9.17) is 16.3 Å². The first-order valence-electron chi connectivity index (χ1n) is 12.4. The van der Waals surface area contributed by atoms with Crippen LogP contribution < -0.4 is 4.90 Å². The summed E-state index contributed by atoms with van der Waals surface area (Å²) in [4.78, 5) is 44.4. The van der Waals surface area contributed by atoms with Gasteiger partial charge in [0.15, 0.2) is 0 Å². The van der Waals surface area contributed by atoms with Gasteiger partial charge in [-0.2, -0.15) is 0 Å². The van der Waals surface area contributed by atoms with Crippen LogP contribution in [0.25, 0.3) is 0 Å². The molecule has 3 heterocycles. The van der Waals surface area contributed by atoms with Crippen LogP contribution in [0.2, 0.25) is 5.02 Å². The van der Waals surface area contributed by atoms with Crippen LogP contribution in [-0.4, -0.2) is 70.1 Å². The lowest BCUT2D eigenvalue weighted by Gasteiger charge is -2.40. The molecular weight excluding hydrogens is 500 g/mol. The molecule has 9 heteroatoms. The summed E-state index contributed by atoms with van der Waals surface area (Å²) >= 11 is 8.04.